The van der Waals surface area contributed by atoms with Crippen LogP contribution in [0.5, 0.6) is 11.5 Å². The average Bonchev–Trinajstić information content (AvgIpc) is 2.80. The van der Waals surface area contributed by atoms with Crippen LogP contribution >= 0.6 is 0 Å². The van der Waals surface area contributed by atoms with Crippen molar-refractivity contribution < 1.29 is 14.3 Å². The molecule has 1 N–H and O–H groups in total. The first-order valence-corrected chi connectivity index (χ1v) is 9.01. The van der Waals surface area contributed by atoms with E-state index in [1.54, 1.807) is 43.4 Å². The van der Waals surface area contributed by atoms with Crippen molar-refractivity contribution in [3.05, 3.63) is 82.9 Å². The molecule has 0 fully saturated rings. The van der Waals surface area contributed by atoms with E-state index in [0.717, 1.165) is 11.3 Å². The van der Waals surface area contributed by atoms with E-state index in [1.165, 1.54) is 10.5 Å². The lowest BCUT2D eigenvalue weighted by Gasteiger charge is -2.17. The second-order valence-electron chi connectivity index (χ2n) is 6.90. The second-order valence-corrected chi connectivity index (χ2v) is 6.90. The highest BCUT2D eigenvalue weighted by Gasteiger charge is 2.26. The first-order valence-electron chi connectivity index (χ1n) is 9.01. The molecule has 5 heteroatoms. The monoisotopic (exact) mass is 372 g/mol. The standard InChI is InChI=1S/C23H20N2O3/c1-14-8-10-17(12-15(14)2)24-22(26)16-9-11-21-19(13-16)25(3)23(27)18-6-4-5-7-20(18)28-21/h4-13H,1-3H3,(H,24,26). The molecule has 4 rings (SSSR count). The number of nitrogens with zero attached hydrogens (tertiary/aromatic N) is 1. The highest BCUT2D eigenvalue weighted by atomic mass is 16.5. The van der Waals surface area contributed by atoms with Gasteiger partial charge in [0.15, 0.2) is 5.75 Å². The van der Waals surface area contributed by atoms with Gasteiger partial charge in [-0.05, 0) is 67.4 Å². The number of anilines is 2. The highest BCUT2D eigenvalue weighted by molar-refractivity contribution is 6.11. The highest BCUT2D eigenvalue weighted by Crippen LogP contribution is 2.38. The number of para-hydroxylation sites is 1. The number of nitrogens with one attached hydrogen (secondary N) is 1. The van der Waals surface area contributed by atoms with Crippen LogP contribution in [0.4, 0.5) is 11.4 Å². The summed E-state index contributed by atoms with van der Waals surface area (Å²) < 4.78 is 5.93. The molecule has 0 aromatic heterocycles. The van der Waals surface area contributed by atoms with E-state index in [1.807, 2.05) is 38.1 Å². The van der Waals surface area contributed by atoms with Crippen molar-refractivity contribution in [1.29, 1.82) is 0 Å². The Morgan fingerprint density at radius 1 is 0.929 bits per heavy atom. The molecule has 0 aliphatic carbocycles. The van der Waals surface area contributed by atoms with Crippen molar-refractivity contribution >= 4 is 23.2 Å². The van der Waals surface area contributed by atoms with Gasteiger partial charge in [0, 0.05) is 18.3 Å². The number of amides is 2. The van der Waals surface area contributed by atoms with E-state index in [0.29, 0.717) is 28.3 Å². The summed E-state index contributed by atoms with van der Waals surface area (Å²) in [5.41, 5.74) is 4.50. The Labute approximate surface area is 163 Å². The van der Waals surface area contributed by atoms with Crippen molar-refractivity contribution in [2.75, 3.05) is 17.3 Å². The summed E-state index contributed by atoms with van der Waals surface area (Å²) in [7, 11) is 1.68. The van der Waals surface area contributed by atoms with Crippen LogP contribution in [0.25, 0.3) is 0 Å². The smallest absolute Gasteiger partial charge is 0.261 e. The quantitative estimate of drug-likeness (QED) is 0.693. The van der Waals surface area contributed by atoms with Crippen LogP contribution in [-0.2, 0) is 0 Å². The molecular weight excluding hydrogens is 352 g/mol. The van der Waals surface area contributed by atoms with Gasteiger partial charge in [0.05, 0.1) is 11.3 Å². The molecule has 0 saturated heterocycles. The molecule has 140 valence electrons. The van der Waals surface area contributed by atoms with Gasteiger partial charge in [0.25, 0.3) is 11.8 Å². The molecule has 0 bridgehead atoms. The molecule has 1 aliphatic heterocycles. The van der Waals surface area contributed by atoms with Gasteiger partial charge in [-0.25, -0.2) is 0 Å². The Morgan fingerprint density at radius 3 is 2.50 bits per heavy atom. The van der Waals surface area contributed by atoms with Gasteiger partial charge >= 0.3 is 0 Å². The Hall–Kier alpha value is -3.60. The first kappa shape index (κ1) is 17.8. The second kappa shape index (κ2) is 6.85. The van der Waals surface area contributed by atoms with Crippen LogP contribution in [0.3, 0.4) is 0 Å². The van der Waals surface area contributed by atoms with Crippen molar-refractivity contribution in [3.63, 3.8) is 0 Å². The van der Waals surface area contributed by atoms with E-state index in [-0.39, 0.29) is 11.8 Å². The number of aryl methyl sites for hydroxylation is 2. The van der Waals surface area contributed by atoms with E-state index < -0.39 is 0 Å². The Balaban J connectivity index is 1.66. The number of rotatable bonds is 2. The van der Waals surface area contributed by atoms with Crippen LogP contribution < -0.4 is 15.0 Å². The number of carbonyl (C=O) groups excluding carboxylic acids is 2. The van der Waals surface area contributed by atoms with E-state index >= 15 is 0 Å². The zero-order chi connectivity index (χ0) is 19.8. The maximum Gasteiger partial charge on any atom is 0.261 e. The van der Waals surface area contributed by atoms with E-state index in [9.17, 15) is 9.59 Å². The molecule has 0 atom stereocenters. The van der Waals surface area contributed by atoms with Gasteiger partial charge in [-0.2, -0.15) is 0 Å². The first-order chi connectivity index (χ1) is 13.4. The topological polar surface area (TPSA) is 58.6 Å². The van der Waals surface area contributed by atoms with Gasteiger partial charge in [-0.3, -0.25) is 9.59 Å². The number of carbonyl (C=O) groups is 2. The minimum Gasteiger partial charge on any atom is -0.454 e. The summed E-state index contributed by atoms with van der Waals surface area (Å²) >= 11 is 0. The van der Waals surface area contributed by atoms with Crippen LogP contribution in [0.2, 0.25) is 0 Å². The van der Waals surface area contributed by atoms with Crippen LogP contribution in [-0.4, -0.2) is 18.9 Å². The summed E-state index contributed by atoms with van der Waals surface area (Å²) in [5, 5.41) is 2.91. The predicted octanol–water partition coefficient (Wildman–Crippen LogP) is 4.94. The maximum absolute atomic E-state index is 12.8. The van der Waals surface area contributed by atoms with Crippen molar-refractivity contribution in [2.24, 2.45) is 0 Å². The molecule has 0 unspecified atom stereocenters. The molecule has 1 heterocycles. The predicted molar refractivity (Wildman–Crippen MR) is 110 cm³/mol. The average molecular weight is 372 g/mol. The number of hydrogen-bond acceptors (Lipinski definition) is 3. The summed E-state index contributed by atoms with van der Waals surface area (Å²) in [6.45, 7) is 4.03. The fraction of sp³-hybridized carbons (Fsp3) is 0.130. The molecule has 0 radical (unpaired) electrons. The Morgan fingerprint density at radius 2 is 1.71 bits per heavy atom. The SMILES string of the molecule is Cc1ccc(NC(=O)c2ccc3c(c2)N(C)C(=O)c2ccccc2O3)cc1C. The fourth-order valence-electron chi connectivity index (χ4n) is 3.17. The van der Waals surface area contributed by atoms with Crippen LogP contribution in [0.15, 0.2) is 60.7 Å². The van der Waals surface area contributed by atoms with Crippen LogP contribution in [0.1, 0.15) is 31.8 Å². The molecule has 0 spiro atoms. The molecule has 5 nitrogen and oxygen atoms in total. The molecule has 0 saturated carbocycles. The lowest BCUT2D eigenvalue weighted by atomic mass is 10.1. The zero-order valence-electron chi connectivity index (χ0n) is 15.9. The lowest BCUT2D eigenvalue weighted by Crippen LogP contribution is -2.25. The molecule has 1 aliphatic rings. The third-order valence-electron chi connectivity index (χ3n) is 4.99. The summed E-state index contributed by atoms with van der Waals surface area (Å²) in [6, 6.07) is 18.0. The third kappa shape index (κ3) is 3.11. The molecule has 2 amide bonds. The third-order valence-corrected chi connectivity index (χ3v) is 4.99. The van der Waals surface area contributed by atoms with Crippen molar-refractivity contribution in [3.8, 4) is 11.5 Å². The van der Waals surface area contributed by atoms with Gasteiger partial charge in [0.1, 0.15) is 5.75 Å². The summed E-state index contributed by atoms with van der Waals surface area (Å²) in [5.74, 6) is 0.615. The number of ether oxygens (including phenoxy) is 1. The van der Waals surface area contributed by atoms with Gasteiger partial charge in [-0.15, -0.1) is 0 Å². The fourth-order valence-corrected chi connectivity index (χ4v) is 3.17. The maximum atomic E-state index is 12.8. The Bertz CT molecular complexity index is 1100. The number of benzene rings is 3. The summed E-state index contributed by atoms with van der Waals surface area (Å²) in [6.07, 6.45) is 0. The summed E-state index contributed by atoms with van der Waals surface area (Å²) in [4.78, 5) is 27.0. The number of fused-ring (bicyclic) bond motifs is 2. The number of hydrogen-bond donors (Lipinski definition) is 1. The van der Waals surface area contributed by atoms with Gasteiger partial charge in [-0.1, -0.05) is 18.2 Å². The van der Waals surface area contributed by atoms with E-state index in [4.69, 9.17) is 4.74 Å². The van der Waals surface area contributed by atoms with Gasteiger partial charge in [0.2, 0.25) is 0 Å². The van der Waals surface area contributed by atoms with Crippen LogP contribution in [0, 0.1) is 13.8 Å². The zero-order valence-corrected chi connectivity index (χ0v) is 15.9. The largest absolute Gasteiger partial charge is 0.454 e. The lowest BCUT2D eigenvalue weighted by molar-refractivity contribution is 0.0990. The molecule has 3 aromatic carbocycles. The van der Waals surface area contributed by atoms with Crippen molar-refractivity contribution in [2.45, 2.75) is 13.8 Å². The Kier molecular flexibility index (Phi) is 4.35. The van der Waals surface area contributed by atoms with E-state index in [2.05, 4.69) is 5.32 Å². The van der Waals surface area contributed by atoms with Gasteiger partial charge < -0.3 is 15.0 Å². The minimum atomic E-state index is -0.242. The molecular formula is C23H20N2O3. The molecule has 28 heavy (non-hydrogen) atoms. The molecule has 3 aromatic rings. The van der Waals surface area contributed by atoms with Crippen molar-refractivity contribution in [1.82, 2.24) is 0 Å². The minimum absolute atomic E-state index is 0.180. The normalized spacial score (nSPS) is 12.5.